The first-order valence-corrected chi connectivity index (χ1v) is 12.1. The van der Waals surface area contributed by atoms with Crippen LogP contribution in [0.25, 0.3) is 22.2 Å². The van der Waals surface area contributed by atoms with Gasteiger partial charge in [0.2, 0.25) is 5.91 Å². The first-order valence-electron chi connectivity index (χ1n) is 12.1. The van der Waals surface area contributed by atoms with Gasteiger partial charge in [-0.2, -0.15) is 0 Å². The molecule has 2 fully saturated rings. The van der Waals surface area contributed by atoms with E-state index in [1.54, 1.807) is 11.0 Å². The molecular formula is C27H29F3N4O3. The average Bonchev–Trinajstić information content (AvgIpc) is 3.40. The number of methoxy groups -OCH3 is 1. The molecule has 7 nitrogen and oxygen atoms in total. The third-order valence-corrected chi connectivity index (χ3v) is 7.33. The molecule has 0 saturated carbocycles. The average molecular weight is 515 g/mol. The molecule has 1 amide bonds. The van der Waals surface area contributed by atoms with Crippen LogP contribution in [0.3, 0.4) is 0 Å². The van der Waals surface area contributed by atoms with Crippen LogP contribution in [-0.4, -0.2) is 75.7 Å². The van der Waals surface area contributed by atoms with Crippen molar-refractivity contribution in [2.45, 2.75) is 12.3 Å². The maximum atomic E-state index is 15.1. The third-order valence-electron chi connectivity index (χ3n) is 7.33. The standard InChI is InChI=1S/C27H29F3N4O3/c1-31-9-11-37-18-6-4-17(5-7-18)21-13-23(19-12-20(28)24(36-3)14-22(19)32-21)34-10-8-26(15-34)25(35)33(2)16-27(26,29)30/h4-7,12-14,31H,8-11,15-16H2,1-3H3. The summed E-state index contributed by atoms with van der Waals surface area (Å²) in [6.07, 6.45) is 0.0135. The second-order valence-electron chi connectivity index (χ2n) is 9.63. The zero-order valence-electron chi connectivity index (χ0n) is 21.0. The fraction of sp³-hybridized carbons (Fsp3) is 0.407. The van der Waals surface area contributed by atoms with Gasteiger partial charge < -0.3 is 24.6 Å². The van der Waals surface area contributed by atoms with E-state index in [-0.39, 0.29) is 25.3 Å². The molecule has 0 bridgehead atoms. The Morgan fingerprint density at radius 1 is 1.14 bits per heavy atom. The largest absolute Gasteiger partial charge is 0.494 e. The number of likely N-dealkylation sites (N-methyl/N-ethyl adjacent to an activating group) is 1. The summed E-state index contributed by atoms with van der Waals surface area (Å²) in [5.74, 6) is -3.55. The summed E-state index contributed by atoms with van der Waals surface area (Å²) in [6, 6.07) is 12.0. The highest BCUT2D eigenvalue weighted by atomic mass is 19.3. The minimum Gasteiger partial charge on any atom is -0.494 e. The molecule has 5 rings (SSSR count). The zero-order valence-corrected chi connectivity index (χ0v) is 21.0. The molecule has 196 valence electrons. The summed E-state index contributed by atoms with van der Waals surface area (Å²) in [6.45, 7) is 0.711. The fourth-order valence-electron chi connectivity index (χ4n) is 5.30. The van der Waals surface area contributed by atoms with Gasteiger partial charge in [0.15, 0.2) is 11.6 Å². The van der Waals surface area contributed by atoms with E-state index in [9.17, 15) is 9.18 Å². The monoisotopic (exact) mass is 514 g/mol. The summed E-state index contributed by atoms with van der Waals surface area (Å²) in [5, 5.41) is 3.49. The van der Waals surface area contributed by atoms with E-state index >= 15 is 8.78 Å². The molecule has 1 atom stereocenters. The van der Waals surface area contributed by atoms with E-state index in [0.717, 1.165) is 10.5 Å². The van der Waals surface area contributed by atoms with Crippen LogP contribution in [0.15, 0.2) is 42.5 Å². The van der Waals surface area contributed by atoms with E-state index in [2.05, 4.69) is 5.32 Å². The number of pyridine rings is 1. The Morgan fingerprint density at radius 3 is 2.54 bits per heavy atom. The third kappa shape index (κ3) is 4.22. The number of nitrogens with zero attached hydrogens (tertiary/aromatic N) is 3. The molecule has 3 heterocycles. The number of hydrogen-bond acceptors (Lipinski definition) is 6. The van der Waals surface area contributed by atoms with Crippen molar-refractivity contribution < 1.29 is 27.4 Å². The van der Waals surface area contributed by atoms with Crippen LogP contribution in [0.5, 0.6) is 11.5 Å². The van der Waals surface area contributed by atoms with E-state index in [4.69, 9.17) is 14.5 Å². The van der Waals surface area contributed by atoms with Crippen LogP contribution >= 0.6 is 0 Å². The van der Waals surface area contributed by atoms with Crippen LogP contribution < -0.4 is 19.7 Å². The second kappa shape index (κ2) is 9.41. The molecule has 2 aromatic carbocycles. The molecule has 2 aliphatic rings. The fourth-order valence-corrected chi connectivity index (χ4v) is 5.30. The molecule has 0 aliphatic carbocycles. The Balaban J connectivity index is 1.56. The summed E-state index contributed by atoms with van der Waals surface area (Å²) in [5.41, 5.74) is 0.576. The number of nitrogens with one attached hydrogen (secondary N) is 1. The lowest BCUT2D eigenvalue weighted by Gasteiger charge is -2.28. The van der Waals surface area contributed by atoms with E-state index < -0.39 is 29.6 Å². The van der Waals surface area contributed by atoms with Gasteiger partial charge >= 0.3 is 0 Å². The normalized spacial score (nSPS) is 20.9. The van der Waals surface area contributed by atoms with Crippen molar-refractivity contribution in [1.82, 2.24) is 15.2 Å². The maximum absolute atomic E-state index is 15.1. The van der Waals surface area contributed by atoms with Gasteiger partial charge in [-0.3, -0.25) is 4.79 Å². The number of fused-ring (bicyclic) bond motifs is 1. The first kappa shape index (κ1) is 25.1. The molecular weight excluding hydrogens is 485 g/mol. The smallest absolute Gasteiger partial charge is 0.281 e. The van der Waals surface area contributed by atoms with Crippen molar-refractivity contribution in [2.24, 2.45) is 5.41 Å². The molecule has 3 aromatic rings. The van der Waals surface area contributed by atoms with Gasteiger partial charge in [-0.05, 0) is 49.9 Å². The molecule has 1 spiro atoms. The molecule has 2 saturated heterocycles. The number of carbonyl (C=O) groups excluding carboxylic acids is 1. The number of hydrogen-bond donors (Lipinski definition) is 1. The van der Waals surface area contributed by atoms with Gasteiger partial charge in [-0.1, -0.05) is 0 Å². The number of amides is 1. The Labute approximate surface area is 213 Å². The highest BCUT2D eigenvalue weighted by Gasteiger charge is 2.67. The lowest BCUT2D eigenvalue weighted by atomic mass is 9.82. The van der Waals surface area contributed by atoms with Gasteiger partial charge in [0.05, 0.1) is 24.9 Å². The van der Waals surface area contributed by atoms with Crippen LogP contribution in [0.4, 0.5) is 18.9 Å². The summed E-state index contributed by atoms with van der Waals surface area (Å²) < 4.78 is 55.7. The Kier molecular flexibility index (Phi) is 6.39. The van der Waals surface area contributed by atoms with Crippen molar-refractivity contribution in [1.29, 1.82) is 0 Å². The van der Waals surface area contributed by atoms with Gasteiger partial charge in [-0.15, -0.1) is 0 Å². The second-order valence-corrected chi connectivity index (χ2v) is 9.63. The van der Waals surface area contributed by atoms with Crippen LogP contribution in [0.1, 0.15) is 6.42 Å². The number of ether oxygens (including phenoxy) is 2. The number of alkyl halides is 2. The number of benzene rings is 2. The lowest BCUT2D eigenvalue weighted by Crippen LogP contribution is -2.45. The number of aromatic nitrogens is 1. The zero-order chi connectivity index (χ0) is 26.4. The van der Waals surface area contributed by atoms with Crippen molar-refractivity contribution in [3.63, 3.8) is 0 Å². The van der Waals surface area contributed by atoms with Crippen molar-refractivity contribution in [3.8, 4) is 22.8 Å². The first-order chi connectivity index (χ1) is 17.7. The number of carbonyl (C=O) groups is 1. The lowest BCUT2D eigenvalue weighted by molar-refractivity contribution is -0.142. The van der Waals surface area contributed by atoms with Crippen LogP contribution in [0.2, 0.25) is 0 Å². The number of anilines is 1. The number of rotatable bonds is 7. The molecule has 1 aromatic heterocycles. The molecule has 0 radical (unpaired) electrons. The molecule has 10 heteroatoms. The predicted octanol–water partition coefficient (Wildman–Crippen LogP) is 3.95. The molecule has 37 heavy (non-hydrogen) atoms. The summed E-state index contributed by atoms with van der Waals surface area (Å²) in [7, 11) is 4.62. The van der Waals surface area contributed by atoms with Gasteiger partial charge in [0.1, 0.15) is 17.8 Å². The van der Waals surface area contributed by atoms with E-state index in [0.29, 0.717) is 41.2 Å². The van der Waals surface area contributed by atoms with Gasteiger partial charge in [0.25, 0.3) is 5.92 Å². The maximum Gasteiger partial charge on any atom is 0.281 e. The SMILES string of the molecule is CNCCOc1ccc(-c2cc(N3CCC4(C3)C(=O)N(C)CC4(F)F)c3cc(F)c(OC)cc3n2)cc1. The quantitative estimate of drug-likeness (QED) is 0.482. The number of likely N-dealkylation sites (tertiary alicyclic amines) is 1. The highest BCUT2D eigenvalue weighted by Crippen LogP contribution is 2.51. The minimum atomic E-state index is -3.16. The molecule has 1 N–H and O–H groups in total. The predicted molar refractivity (Wildman–Crippen MR) is 135 cm³/mol. The number of halogens is 3. The Morgan fingerprint density at radius 2 is 1.89 bits per heavy atom. The van der Waals surface area contributed by atoms with Crippen LogP contribution in [0, 0.1) is 11.2 Å². The van der Waals surface area contributed by atoms with Crippen molar-refractivity contribution >= 4 is 22.5 Å². The van der Waals surface area contributed by atoms with Crippen molar-refractivity contribution in [2.75, 3.05) is 58.9 Å². The summed E-state index contributed by atoms with van der Waals surface area (Å²) >= 11 is 0. The van der Waals surface area contributed by atoms with Crippen molar-refractivity contribution in [3.05, 3.63) is 48.3 Å². The van der Waals surface area contributed by atoms with Gasteiger partial charge in [0, 0.05) is 49.4 Å². The Bertz CT molecular complexity index is 1330. The highest BCUT2D eigenvalue weighted by molar-refractivity contribution is 5.96. The van der Waals surface area contributed by atoms with Gasteiger partial charge in [-0.25, -0.2) is 18.2 Å². The molecule has 1 unspecified atom stereocenters. The molecule has 2 aliphatic heterocycles. The minimum absolute atomic E-state index is 0.0135. The van der Waals surface area contributed by atoms with E-state index in [1.807, 2.05) is 31.3 Å². The van der Waals surface area contributed by atoms with Crippen LogP contribution in [-0.2, 0) is 4.79 Å². The van der Waals surface area contributed by atoms with E-state index in [1.165, 1.54) is 26.3 Å². The summed E-state index contributed by atoms with van der Waals surface area (Å²) in [4.78, 5) is 20.4. The topological polar surface area (TPSA) is 66.9 Å². The Hall–Kier alpha value is -3.53.